The molecule has 0 atom stereocenters. The highest BCUT2D eigenvalue weighted by Gasteiger charge is 2.25. The number of carbonyl (C=O) groups excluding carboxylic acids is 2. The summed E-state index contributed by atoms with van der Waals surface area (Å²) in [6.07, 6.45) is 4.91. The predicted octanol–water partition coefficient (Wildman–Crippen LogP) is 1.28. The van der Waals surface area contributed by atoms with Crippen LogP contribution in [-0.2, 0) is 11.3 Å². The van der Waals surface area contributed by atoms with Crippen LogP contribution < -0.4 is 11.1 Å². The van der Waals surface area contributed by atoms with Crippen LogP contribution in [0.3, 0.4) is 0 Å². The third-order valence-electron chi connectivity index (χ3n) is 4.29. The second-order valence-corrected chi connectivity index (χ2v) is 5.95. The Hall–Kier alpha value is -2.83. The fourth-order valence-electron chi connectivity index (χ4n) is 2.83. The van der Waals surface area contributed by atoms with Crippen LogP contribution in [0, 0.1) is 5.92 Å². The Balaban J connectivity index is 1.50. The van der Waals surface area contributed by atoms with Crippen molar-refractivity contribution in [2.75, 3.05) is 13.1 Å². The van der Waals surface area contributed by atoms with Crippen LogP contribution in [0.1, 0.15) is 18.4 Å². The minimum atomic E-state index is -0.275. The number of carbonyl (C=O) groups is 2. The SMILES string of the molecule is NC(=O)C1CCN(C(=O)NCc2cnn(-c3ccccc3)c2)CC1. The molecule has 7 heteroatoms. The number of amides is 3. The van der Waals surface area contributed by atoms with Gasteiger partial charge in [0.25, 0.3) is 0 Å². The maximum Gasteiger partial charge on any atom is 0.317 e. The van der Waals surface area contributed by atoms with Crippen molar-refractivity contribution >= 4 is 11.9 Å². The monoisotopic (exact) mass is 327 g/mol. The molecular weight excluding hydrogens is 306 g/mol. The average Bonchev–Trinajstić information content (AvgIpc) is 3.09. The molecule has 0 spiro atoms. The van der Waals surface area contributed by atoms with Crippen LogP contribution in [0.2, 0.25) is 0 Å². The summed E-state index contributed by atoms with van der Waals surface area (Å²) >= 11 is 0. The fraction of sp³-hybridized carbons (Fsp3) is 0.353. The molecule has 3 rings (SSSR count). The first-order chi connectivity index (χ1) is 11.6. The van der Waals surface area contributed by atoms with Crippen molar-refractivity contribution in [3.8, 4) is 5.69 Å². The van der Waals surface area contributed by atoms with Gasteiger partial charge in [-0.05, 0) is 25.0 Å². The zero-order valence-electron chi connectivity index (χ0n) is 13.4. The molecule has 2 heterocycles. The Bertz CT molecular complexity index is 705. The molecule has 0 radical (unpaired) electrons. The normalized spacial score (nSPS) is 15.2. The molecule has 0 aliphatic carbocycles. The van der Waals surface area contributed by atoms with Gasteiger partial charge in [-0.3, -0.25) is 4.79 Å². The number of para-hydroxylation sites is 1. The lowest BCUT2D eigenvalue weighted by atomic mass is 9.96. The summed E-state index contributed by atoms with van der Waals surface area (Å²) in [6.45, 7) is 1.53. The Morgan fingerprint density at radius 3 is 2.58 bits per heavy atom. The van der Waals surface area contributed by atoms with Gasteiger partial charge in [-0.1, -0.05) is 18.2 Å². The number of hydrogen-bond donors (Lipinski definition) is 2. The topological polar surface area (TPSA) is 93.2 Å². The van der Waals surface area contributed by atoms with Gasteiger partial charge in [0.15, 0.2) is 0 Å². The number of nitrogens with two attached hydrogens (primary N) is 1. The number of rotatable bonds is 4. The van der Waals surface area contributed by atoms with E-state index in [0.717, 1.165) is 11.3 Å². The van der Waals surface area contributed by atoms with E-state index in [1.165, 1.54) is 0 Å². The lowest BCUT2D eigenvalue weighted by Gasteiger charge is -2.30. The zero-order valence-corrected chi connectivity index (χ0v) is 13.4. The van der Waals surface area contributed by atoms with Gasteiger partial charge in [-0.15, -0.1) is 0 Å². The van der Waals surface area contributed by atoms with E-state index in [4.69, 9.17) is 5.73 Å². The van der Waals surface area contributed by atoms with Gasteiger partial charge in [0.05, 0.1) is 11.9 Å². The molecule has 3 N–H and O–H groups in total. The quantitative estimate of drug-likeness (QED) is 0.886. The van der Waals surface area contributed by atoms with E-state index >= 15 is 0 Å². The summed E-state index contributed by atoms with van der Waals surface area (Å²) in [5, 5.41) is 7.20. The number of piperidine rings is 1. The summed E-state index contributed by atoms with van der Waals surface area (Å²) in [5.41, 5.74) is 7.21. The van der Waals surface area contributed by atoms with Crippen LogP contribution in [0.4, 0.5) is 4.79 Å². The van der Waals surface area contributed by atoms with Crippen molar-refractivity contribution in [1.29, 1.82) is 0 Å². The van der Waals surface area contributed by atoms with E-state index in [1.807, 2.05) is 36.5 Å². The van der Waals surface area contributed by atoms with E-state index < -0.39 is 0 Å². The Kier molecular flexibility index (Phi) is 4.79. The minimum absolute atomic E-state index is 0.113. The lowest BCUT2D eigenvalue weighted by molar-refractivity contribution is -0.123. The molecule has 1 saturated heterocycles. The highest BCUT2D eigenvalue weighted by Crippen LogP contribution is 2.16. The molecule has 0 unspecified atom stereocenters. The van der Waals surface area contributed by atoms with Crippen LogP contribution in [0.15, 0.2) is 42.7 Å². The highest BCUT2D eigenvalue weighted by atomic mass is 16.2. The molecule has 3 amide bonds. The van der Waals surface area contributed by atoms with E-state index in [9.17, 15) is 9.59 Å². The molecule has 1 aliphatic rings. The van der Waals surface area contributed by atoms with Gasteiger partial charge >= 0.3 is 6.03 Å². The van der Waals surface area contributed by atoms with Crippen LogP contribution in [0.5, 0.6) is 0 Å². The number of likely N-dealkylation sites (tertiary alicyclic amines) is 1. The first-order valence-corrected chi connectivity index (χ1v) is 8.04. The van der Waals surface area contributed by atoms with Crippen LogP contribution in [0.25, 0.3) is 5.69 Å². The van der Waals surface area contributed by atoms with Crippen molar-refractivity contribution in [3.05, 3.63) is 48.3 Å². The van der Waals surface area contributed by atoms with Crippen molar-refractivity contribution in [1.82, 2.24) is 20.0 Å². The van der Waals surface area contributed by atoms with E-state index in [2.05, 4.69) is 10.4 Å². The molecule has 7 nitrogen and oxygen atoms in total. The van der Waals surface area contributed by atoms with Crippen molar-refractivity contribution in [3.63, 3.8) is 0 Å². The van der Waals surface area contributed by atoms with E-state index in [1.54, 1.807) is 15.8 Å². The largest absolute Gasteiger partial charge is 0.369 e. The number of nitrogens with one attached hydrogen (secondary N) is 1. The standard InChI is InChI=1S/C17H21N5O2/c18-16(23)14-6-8-21(9-7-14)17(24)19-10-13-11-20-22(12-13)15-4-2-1-3-5-15/h1-5,11-12,14H,6-10H2,(H2,18,23)(H,19,24). The van der Waals surface area contributed by atoms with Crippen molar-refractivity contribution in [2.24, 2.45) is 11.7 Å². The molecule has 1 aliphatic heterocycles. The van der Waals surface area contributed by atoms with Crippen LogP contribution in [-0.4, -0.2) is 39.7 Å². The Labute approximate surface area is 140 Å². The van der Waals surface area contributed by atoms with Gasteiger partial charge in [-0.2, -0.15) is 5.10 Å². The maximum atomic E-state index is 12.2. The molecule has 24 heavy (non-hydrogen) atoms. The minimum Gasteiger partial charge on any atom is -0.369 e. The lowest BCUT2D eigenvalue weighted by Crippen LogP contribution is -2.46. The Morgan fingerprint density at radius 2 is 1.92 bits per heavy atom. The summed E-state index contributed by atoms with van der Waals surface area (Å²) in [6, 6.07) is 9.68. The van der Waals surface area contributed by atoms with Crippen molar-refractivity contribution in [2.45, 2.75) is 19.4 Å². The second-order valence-electron chi connectivity index (χ2n) is 5.95. The Morgan fingerprint density at radius 1 is 1.21 bits per heavy atom. The van der Waals surface area contributed by atoms with Crippen LogP contribution >= 0.6 is 0 Å². The summed E-state index contributed by atoms with van der Waals surface area (Å²) in [7, 11) is 0. The van der Waals surface area contributed by atoms with E-state index in [-0.39, 0.29) is 17.9 Å². The number of nitrogens with zero attached hydrogens (tertiary/aromatic N) is 3. The summed E-state index contributed by atoms with van der Waals surface area (Å²) < 4.78 is 1.78. The third-order valence-corrected chi connectivity index (χ3v) is 4.29. The fourth-order valence-corrected chi connectivity index (χ4v) is 2.83. The van der Waals surface area contributed by atoms with E-state index in [0.29, 0.717) is 32.5 Å². The van der Waals surface area contributed by atoms with Crippen molar-refractivity contribution < 1.29 is 9.59 Å². The first kappa shape index (κ1) is 16.0. The molecule has 2 aromatic rings. The number of primary amides is 1. The number of aromatic nitrogens is 2. The summed E-state index contributed by atoms with van der Waals surface area (Å²) in [5.74, 6) is -0.387. The molecule has 1 fully saturated rings. The second kappa shape index (κ2) is 7.16. The molecule has 0 bridgehead atoms. The summed E-state index contributed by atoms with van der Waals surface area (Å²) in [4.78, 5) is 25.1. The smallest absolute Gasteiger partial charge is 0.317 e. The number of benzene rings is 1. The average molecular weight is 327 g/mol. The molecular formula is C17H21N5O2. The van der Waals surface area contributed by atoms with Gasteiger partial charge in [0.1, 0.15) is 0 Å². The third kappa shape index (κ3) is 3.73. The molecule has 1 aromatic carbocycles. The predicted molar refractivity (Wildman–Crippen MR) is 89.3 cm³/mol. The van der Waals surface area contributed by atoms with Gasteiger partial charge in [0.2, 0.25) is 5.91 Å². The zero-order chi connectivity index (χ0) is 16.9. The van der Waals surface area contributed by atoms with Gasteiger partial charge in [-0.25, -0.2) is 9.48 Å². The maximum absolute atomic E-state index is 12.2. The first-order valence-electron chi connectivity index (χ1n) is 8.04. The number of hydrogen-bond acceptors (Lipinski definition) is 3. The van der Waals surface area contributed by atoms with Gasteiger partial charge in [0, 0.05) is 37.3 Å². The van der Waals surface area contributed by atoms with Gasteiger partial charge < -0.3 is 16.0 Å². The molecule has 126 valence electrons. The highest BCUT2D eigenvalue weighted by molar-refractivity contribution is 5.78. The number of urea groups is 1. The molecule has 1 aromatic heterocycles. The molecule has 0 saturated carbocycles.